The minimum atomic E-state index is -2.30. The topological polar surface area (TPSA) is 138 Å². The van der Waals surface area contributed by atoms with Gasteiger partial charge >= 0.3 is 11.9 Å². The Bertz CT molecular complexity index is 1690. The fraction of sp³-hybridized carbons (Fsp3) is 0.323. The fourth-order valence-electron chi connectivity index (χ4n) is 5.04. The SMILES string of the molecule is C#C[C@@H]1C[C@H](n2cnc3c(NCc4ccccc4Cl)nc(Cl)nc32)O[C@@H]1COC(Cc1ccccc1)(C(=O)O)C(=O)OCC. The molecule has 4 atom stereocenters. The molecule has 1 aliphatic heterocycles. The molecule has 0 amide bonds. The number of ether oxygens (including phenoxy) is 3. The van der Waals surface area contributed by atoms with E-state index in [4.69, 9.17) is 43.8 Å². The quantitative estimate of drug-likeness (QED) is 0.0952. The first-order chi connectivity index (χ1) is 21.3. The molecule has 3 heterocycles. The van der Waals surface area contributed by atoms with E-state index in [9.17, 15) is 14.7 Å². The lowest BCUT2D eigenvalue weighted by Crippen LogP contribution is -2.53. The third-order valence-corrected chi connectivity index (χ3v) is 7.84. The summed E-state index contributed by atoms with van der Waals surface area (Å²) in [5.41, 5.74) is 0.00859. The maximum absolute atomic E-state index is 13.0. The minimum absolute atomic E-state index is 0.00567. The largest absolute Gasteiger partial charge is 0.479 e. The van der Waals surface area contributed by atoms with Crippen LogP contribution in [0.5, 0.6) is 0 Å². The molecule has 1 saturated heterocycles. The second-order valence-electron chi connectivity index (χ2n) is 10.1. The Kier molecular flexibility index (Phi) is 9.66. The summed E-state index contributed by atoms with van der Waals surface area (Å²) in [6.07, 6.45) is 6.12. The van der Waals surface area contributed by atoms with Crippen LogP contribution in [-0.2, 0) is 36.8 Å². The van der Waals surface area contributed by atoms with E-state index in [-0.39, 0.29) is 24.9 Å². The Morgan fingerprint density at radius 2 is 1.93 bits per heavy atom. The summed E-state index contributed by atoms with van der Waals surface area (Å²) in [6.45, 7) is 1.67. The Balaban J connectivity index is 1.37. The van der Waals surface area contributed by atoms with E-state index in [1.165, 1.54) is 0 Å². The molecule has 44 heavy (non-hydrogen) atoms. The number of anilines is 1. The molecule has 13 heteroatoms. The number of imidazole rings is 1. The van der Waals surface area contributed by atoms with Crippen molar-refractivity contribution in [1.29, 1.82) is 0 Å². The van der Waals surface area contributed by atoms with E-state index in [1.807, 2.05) is 18.2 Å². The summed E-state index contributed by atoms with van der Waals surface area (Å²) in [5, 5.41) is 14.0. The van der Waals surface area contributed by atoms with Gasteiger partial charge in [0.25, 0.3) is 5.60 Å². The second-order valence-corrected chi connectivity index (χ2v) is 10.8. The first-order valence-corrected chi connectivity index (χ1v) is 14.6. The average Bonchev–Trinajstić information content (AvgIpc) is 3.63. The van der Waals surface area contributed by atoms with E-state index in [0.717, 1.165) is 5.56 Å². The number of terminal acetylenes is 1. The number of carbonyl (C=O) groups is 2. The molecule has 0 aliphatic carbocycles. The number of esters is 1. The number of fused-ring (bicyclic) bond motifs is 1. The molecule has 0 bridgehead atoms. The molecular weight excluding hydrogens is 609 g/mol. The van der Waals surface area contributed by atoms with Crippen LogP contribution < -0.4 is 5.32 Å². The zero-order valence-electron chi connectivity index (χ0n) is 23.7. The van der Waals surface area contributed by atoms with Crippen LogP contribution in [0.4, 0.5) is 5.82 Å². The molecule has 1 fully saturated rings. The summed E-state index contributed by atoms with van der Waals surface area (Å²) < 4.78 is 19.0. The Hall–Kier alpha value is -4.21. The lowest BCUT2D eigenvalue weighted by molar-refractivity contribution is -0.192. The molecule has 228 valence electrons. The van der Waals surface area contributed by atoms with Gasteiger partial charge in [-0.2, -0.15) is 9.97 Å². The number of nitrogens with zero attached hydrogens (tertiary/aromatic N) is 4. The van der Waals surface area contributed by atoms with Crippen molar-refractivity contribution in [2.24, 2.45) is 5.92 Å². The van der Waals surface area contributed by atoms with Crippen LogP contribution in [0.3, 0.4) is 0 Å². The highest BCUT2D eigenvalue weighted by Crippen LogP contribution is 2.37. The number of aromatic nitrogens is 4. The first kappa shape index (κ1) is 31.2. The summed E-state index contributed by atoms with van der Waals surface area (Å²) in [5.74, 6) is 0.155. The number of nitrogens with one attached hydrogen (secondary N) is 1. The van der Waals surface area contributed by atoms with Gasteiger partial charge in [0.2, 0.25) is 5.28 Å². The van der Waals surface area contributed by atoms with Gasteiger partial charge in [-0.05, 0) is 35.7 Å². The molecule has 2 N–H and O–H groups in total. The van der Waals surface area contributed by atoms with Gasteiger partial charge in [0, 0.05) is 24.4 Å². The van der Waals surface area contributed by atoms with Crippen molar-refractivity contribution < 1.29 is 28.9 Å². The molecule has 2 aromatic heterocycles. The van der Waals surface area contributed by atoms with Crippen molar-refractivity contribution in [2.45, 2.75) is 44.2 Å². The molecule has 0 radical (unpaired) electrons. The van der Waals surface area contributed by atoms with Gasteiger partial charge in [0.05, 0.1) is 31.6 Å². The van der Waals surface area contributed by atoms with Gasteiger partial charge in [-0.1, -0.05) is 60.1 Å². The number of hydrogen-bond acceptors (Lipinski definition) is 9. The average molecular weight is 639 g/mol. The van der Waals surface area contributed by atoms with Crippen LogP contribution in [0.2, 0.25) is 10.3 Å². The number of halogens is 2. The predicted octanol–water partition coefficient (Wildman–Crippen LogP) is 4.93. The van der Waals surface area contributed by atoms with Crippen molar-refractivity contribution in [2.75, 3.05) is 18.5 Å². The van der Waals surface area contributed by atoms with E-state index >= 15 is 0 Å². The van der Waals surface area contributed by atoms with Gasteiger partial charge in [-0.3, -0.25) is 4.57 Å². The van der Waals surface area contributed by atoms with Crippen LogP contribution in [0.15, 0.2) is 60.9 Å². The third kappa shape index (κ3) is 6.49. The third-order valence-electron chi connectivity index (χ3n) is 7.30. The number of carboxylic acids is 1. The van der Waals surface area contributed by atoms with E-state index < -0.39 is 35.8 Å². The molecule has 1 unspecified atom stereocenters. The van der Waals surface area contributed by atoms with E-state index in [0.29, 0.717) is 40.5 Å². The highest BCUT2D eigenvalue weighted by atomic mass is 35.5. The summed E-state index contributed by atoms with van der Waals surface area (Å²) >= 11 is 12.6. The summed E-state index contributed by atoms with van der Waals surface area (Å²) in [6, 6.07) is 16.1. The molecule has 2 aromatic carbocycles. The molecule has 5 rings (SSSR count). The highest BCUT2D eigenvalue weighted by Gasteiger charge is 2.51. The van der Waals surface area contributed by atoms with Crippen LogP contribution in [0.25, 0.3) is 11.2 Å². The number of carboxylic acid groups (broad SMARTS) is 1. The van der Waals surface area contributed by atoms with Crippen molar-refractivity contribution in [1.82, 2.24) is 19.5 Å². The Labute approximate surface area is 263 Å². The number of hydrogen-bond donors (Lipinski definition) is 2. The first-order valence-electron chi connectivity index (χ1n) is 13.8. The normalized spacial score (nSPS) is 19.3. The number of rotatable bonds is 12. The van der Waals surface area contributed by atoms with Crippen LogP contribution >= 0.6 is 23.2 Å². The van der Waals surface area contributed by atoms with Crippen molar-refractivity contribution in [3.63, 3.8) is 0 Å². The number of aliphatic carboxylic acids is 1. The number of benzene rings is 2. The zero-order chi connectivity index (χ0) is 31.3. The lowest BCUT2D eigenvalue weighted by Gasteiger charge is -2.29. The van der Waals surface area contributed by atoms with E-state index in [1.54, 1.807) is 54.2 Å². The molecular formula is C31H29Cl2N5O6. The van der Waals surface area contributed by atoms with Crippen molar-refractivity contribution in [3.8, 4) is 12.3 Å². The Morgan fingerprint density at radius 3 is 2.64 bits per heavy atom. The predicted molar refractivity (Wildman–Crippen MR) is 163 cm³/mol. The highest BCUT2D eigenvalue weighted by molar-refractivity contribution is 6.31. The van der Waals surface area contributed by atoms with Crippen LogP contribution in [-0.4, -0.2) is 61.5 Å². The zero-order valence-corrected chi connectivity index (χ0v) is 25.2. The summed E-state index contributed by atoms with van der Waals surface area (Å²) in [4.78, 5) is 38.8. The smallest absolute Gasteiger partial charge is 0.350 e. The minimum Gasteiger partial charge on any atom is -0.479 e. The second kappa shape index (κ2) is 13.6. The maximum Gasteiger partial charge on any atom is 0.350 e. The van der Waals surface area contributed by atoms with Crippen molar-refractivity contribution in [3.05, 3.63) is 82.4 Å². The molecule has 1 aliphatic rings. The van der Waals surface area contributed by atoms with Crippen LogP contribution in [0.1, 0.15) is 30.7 Å². The van der Waals surface area contributed by atoms with Gasteiger partial charge in [0.15, 0.2) is 17.0 Å². The van der Waals surface area contributed by atoms with E-state index in [2.05, 4.69) is 26.2 Å². The lowest BCUT2D eigenvalue weighted by atomic mass is 9.93. The standard InChI is InChI=1S/C31H29Cl2N5O6/c1-3-20-14-24(38-18-35-25-26(36-30(33)37-27(25)38)34-16-21-12-8-9-13-22(21)32)44-23(20)17-43-31(28(39)40,29(41)42-4-2)15-19-10-6-5-7-11-19/h1,5-13,18,20,23-24H,4,14-17H2,2H3,(H,39,40)(H,34,36,37)/t20-,23-,24-,31?/m1/s1. The molecule has 0 saturated carbocycles. The van der Waals surface area contributed by atoms with Gasteiger partial charge in [0.1, 0.15) is 6.23 Å². The molecule has 4 aromatic rings. The van der Waals surface area contributed by atoms with Gasteiger partial charge < -0.3 is 24.6 Å². The summed E-state index contributed by atoms with van der Waals surface area (Å²) in [7, 11) is 0. The maximum atomic E-state index is 13.0. The fourth-order valence-corrected chi connectivity index (χ4v) is 5.41. The Morgan fingerprint density at radius 1 is 1.18 bits per heavy atom. The monoisotopic (exact) mass is 637 g/mol. The molecule has 0 spiro atoms. The van der Waals surface area contributed by atoms with Crippen LogP contribution in [0, 0.1) is 18.3 Å². The van der Waals surface area contributed by atoms with Gasteiger partial charge in [-0.15, -0.1) is 12.3 Å². The van der Waals surface area contributed by atoms with Crippen molar-refractivity contribution >= 4 is 52.1 Å². The van der Waals surface area contributed by atoms with Gasteiger partial charge in [-0.25, -0.2) is 14.6 Å². The number of carbonyl (C=O) groups excluding carboxylic acids is 1. The molecule has 11 nitrogen and oxygen atoms in total.